The molecule has 0 atom stereocenters. The molecule has 3 nitrogen and oxygen atoms in total. The predicted molar refractivity (Wildman–Crippen MR) is 97.3 cm³/mol. The Labute approximate surface area is 134 Å². The van der Waals surface area contributed by atoms with Gasteiger partial charge in [0.2, 0.25) is 0 Å². The quantitative estimate of drug-likeness (QED) is 0.564. The molecule has 0 N–H and O–H groups in total. The Morgan fingerprint density at radius 1 is 0.909 bits per heavy atom. The summed E-state index contributed by atoms with van der Waals surface area (Å²) in [6, 6.07) is 6.53. The molecule has 0 aliphatic carbocycles. The van der Waals surface area contributed by atoms with Gasteiger partial charge in [0.05, 0.1) is 5.52 Å². The van der Waals surface area contributed by atoms with E-state index in [4.69, 9.17) is 0 Å². The third-order valence-electron chi connectivity index (χ3n) is 2.88. The lowest BCUT2D eigenvalue weighted by Crippen LogP contribution is -2.00. The minimum absolute atomic E-state index is 0.400. The minimum atomic E-state index is 0.400. The second-order valence-electron chi connectivity index (χ2n) is 5.96. The van der Waals surface area contributed by atoms with Gasteiger partial charge in [0.1, 0.15) is 5.65 Å². The molecular weight excluding hydrogens is 270 g/mol. The van der Waals surface area contributed by atoms with Gasteiger partial charge in [0, 0.05) is 35.4 Å². The third kappa shape index (κ3) is 4.06. The molecule has 0 radical (unpaired) electrons. The van der Waals surface area contributed by atoms with Crippen molar-refractivity contribution in [1.82, 2.24) is 14.5 Å². The first-order valence-electron chi connectivity index (χ1n) is 8.21. The zero-order chi connectivity index (χ0) is 16.7. The molecule has 0 aliphatic heterocycles. The van der Waals surface area contributed by atoms with Gasteiger partial charge in [0.25, 0.3) is 0 Å². The van der Waals surface area contributed by atoms with E-state index in [1.54, 1.807) is 0 Å². The molecular formula is C19H29N3. The molecule has 0 saturated carbocycles. The molecule has 0 aromatic carbocycles. The van der Waals surface area contributed by atoms with E-state index in [-0.39, 0.29) is 0 Å². The van der Waals surface area contributed by atoms with Gasteiger partial charge in [-0.2, -0.15) is 0 Å². The van der Waals surface area contributed by atoms with Crippen LogP contribution in [0.1, 0.15) is 54.5 Å². The van der Waals surface area contributed by atoms with Gasteiger partial charge in [-0.05, 0) is 38.0 Å². The second-order valence-corrected chi connectivity index (χ2v) is 5.96. The molecule has 0 saturated heterocycles. The van der Waals surface area contributed by atoms with Crippen molar-refractivity contribution in [2.75, 3.05) is 0 Å². The topological polar surface area (TPSA) is 30.7 Å². The summed E-state index contributed by atoms with van der Waals surface area (Å²) >= 11 is 0. The highest BCUT2D eigenvalue weighted by Crippen LogP contribution is 2.29. The standard InChI is InChI=1S/C13H13N3.C4H10.C2H6/c1-9(2)16-12-5-7-14-8-11(12)10-4-3-6-15-13(10)16;1-4(2)3;1-2/h3-9H,1-2H3;4H,1-3H3;1-2H3. The van der Waals surface area contributed by atoms with Crippen LogP contribution in [0.3, 0.4) is 0 Å². The van der Waals surface area contributed by atoms with Crippen LogP contribution in [0.2, 0.25) is 0 Å². The lowest BCUT2D eigenvalue weighted by atomic mass is 10.2. The fraction of sp³-hybridized carbons (Fsp3) is 0.474. The maximum atomic E-state index is 4.47. The monoisotopic (exact) mass is 299 g/mol. The lowest BCUT2D eigenvalue weighted by Gasteiger charge is -2.09. The van der Waals surface area contributed by atoms with Crippen molar-refractivity contribution in [3.05, 3.63) is 36.8 Å². The molecule has 3 aromatic rings. The van der Waals surface area contributed by atoms with Gasteiger partial charge in [-0.25, -0.2) is 4.98 Å². The molecule has 3 heterocycles. The second kappa shape index (κ2) is 8.52. The van der Waals surface area contributed by atoms with Crippen LogP contribution in [0, 0.1) is 5.92 Å². The predicted octanol–water partition coefficient (Wildman–Crippen LogP) is 5.85. The van der Waals surface area contributed by atoms with Crippen molar-refractivity contribution >= 4 is 21.9 Å². The lowest BCUT2D eigenvalue weighted by molar-refractivity contribution is 0.637. The van der Waals surface area contributed by atoms with Crippen LogP contribution in [-0.2, 0) is 0 Å². The molecule has 0 spiro atoms. The Hall–Kier alpha value is -1.90. The number of fused-ring (bicyclic) bond motifs is 3. The van der Waals surface area contributed by atoms with Crippen molar-refractivity contribution in [3.63, 3.8) is 0 Å². The summed E-state index contributed by atoms with van der Waals surface area (Å²) < 4.78 is 2.26. The summed E-state index contributed by atoms with van der Waals surface area (Å²) in [5.41, 5.74) is 2.25. The SMILES string of the molecule is CC.CC(C)C.CC(C)n1c2ccncc2c2cccnc21. The Kier molecular flexibility index (Phi) is 7.03. The van der Waals surface area contributed by atoms with E-state index < -0.39 is 0 Å². The Morgan fingerprint density at radius 2 is 1.55 bits per heavy atom. The maximum absolute atomic E-state index is 4.47. The molecule has 3 aromatic heterocycles. The number of pyridine rings is 2. The van der Waals surface area contributed by atoms with Crippen LogP contribution < -0.4 is 0 Å². The highest BCUT2D eigenvalue weighted by atomic mass is 15.1. The van der Waals surface area contributed by atoms with Crippen molar-refractivity contribution in [2.24, 2.45) is 5.92 Å². The number of aromatic nitrogens is 3. The van der Waals surface area contributed by atoms with Crippen LogP contribution in [0.5, 0.6) is 0 Å². The van der Waals surface area contributed by atoms with E-state index in [0.717, 1.165) is 11.6 Å². The zero-order valence-electron chi connectivity index (χ0n) is 15.0. The number of hydrogen-bond donors (Lipinski definition) is 0. The molecule has 0 fully saturated rings. The third-order valence-corrected chi connectivity index (χ3v) is 2.88. The van der Waals surface area contributed by atoms with E-state index in [9.17, 15) is 0 Å². The first-order chi connectivity index (χ1) is 10.5. The van der Waals surface area contributed by atoms with Crippen LogP contribution in [0.15, 0.2) is 36.8 Å². The molecule has 0 aliphatic rings. The Bertz CT molecular complexity index is 640. The van der Waals surface area contributed by atoms with Crippen LogP contribution in [0.4, 0.5) is 0 Å². The molecule has 0 amide bonds. The summed E-state index contributed by atoms with van der Waals surface area (Å²) in [6.07, 6.45) is 5.59. The van der Waals surface area contributed by atoms with Gasteiger partial charge < -0.3 is 4.57 Å². The van der Waals surface area contributed by atoms with Gasteiger partial charge in [-0.1, -0.05) is 34.6 Å². The minimum Gasteiger partial charge on any atom is -0.323 e. The van der Waals surface area contributed by atoms with Crippen LogP contribution >= 0.6 is 0 Å². The van der Waals surface area contributed by atoms with Gasteiger partial charge in [-0.3, -0.25) is 4.98 Å². The zero-order valence-corrected chi connectivity index (χ0v) is 15.0. The largest absolute Gasteiger partial charge is 0.323 e. The first kappa shape index (κ1) is 18.1. The average molecular weight is 299 g/mol. The normalized spacial score (nSPS) is 10.4. The summed E-state index contributed by atoms with van der Waals surface area (Å²) in [6.45, 7) is 14.8. The first-order valence-corrected chi connectivity index (χ1v) is 8.21. The average Bonchev–Trinajstić information content (AvgIpc) is 2.83. The summed E-state index contributed by atoms with van der Waals surface area (Å²) in [5, 5.41) is 2.36. The summed E-state index contributed by atoms with van der Waals surface area (Å²) in [5.74, 6) is 0.833. The van der Waals surface area contributed by atoms with E-state index in [1.807, 2.05) is 38.5 Å². The Balaban J connectivity index is 0.000000354. The smallest absolute Gasteiger partial charge is 0.141 e. The highest BCUT2D eigenvalue weighted by Gasteiger charge is 2.12. The molecule has 3 heteroatoms. The van der Waals surface area contributed by atoms with Crippen LogP contribution in [-0.4, -0.2) is 14.5 Å². The summed E-state index contributed by atoms with van der Waals surface area (Å²) in [4.78, 5) is 8.67. The molecule has 0 unspecified atom stereocenters. The van der Waals surface area contributed by atoms with Gasteiger partial charge >= 0.3 is 0 Å². The molecule has 120 valence electrons. The van der Waals surface area contributed by atoms with Gasteiger partial charge in [0.15, 0.2) is 0 Å². The summed E-state index contributed by atoms with van der Waals surface area (Å²) in [7, 11) is 0. The molecule has 3 rings (SSSR count). The molecule has 0 bridgehead atoms. The van der Waals surface area contributed by atoms with Crippen molar-refractivity contribution in [2.45, 2.75) is 54.5 Å². The maximum Gasteiger partial charge on any atom is 0.141 e. The fourth-order valence-corrected chi connectivity index (χ4v) is 2.24. The van der Waals surface area contributed by atoms with E-state index in [0.29, 0.717) is 6.04 Å². The number of nitrogens with zero attached hydrogens (tertiary/aromatic N) is 3. The van der Waals surface area contributed by atoms with Crippen molar-refractivity contribution in [1.29, 1.82) is 0 Å². The van der Waals surface area contributed by atoms with E-state index >= 15 is 0 Å². The highest BCUT2D eigenvalue weighted by molar-refractivity contribution is 6.06. The fourth-order valence-electron chi connectivity index (χ4n) is 2.24. The van der Waals surface area contributed by atoms with E-state index in [1.165, 1.54) is 16.3 Å². The number of rotatable bonds is 1. The van der Waals surface area contributed by atoms with Crippen molar-refractivity contribution in [3.8, 4) is 0 Å². The van der Waals surface area contributed by atoms with Gasteiger partial charge in [-0.15, -0.1) is 0 Å². The van der Waals surface area contributed by atoms with E-state index in [2.05, 4.69) is 61.3 Å². The Morgan fingerprint density at radius 3 is 2.14 bits per heavy atom. The van der Waals surface area contributed by atoms with Crippen LogP contribution in [0.25, 0.3) is 21.9 Å². The number of hydrogen-bond acceptors (Lipinski definition) is 2. The van der Waals surface area contributed by atoms with Crippen molar-refractivity contribution < 1.29 is 0 Å². The molecule has 22 heavy (non-hydrogen) atoms.